The van der Waals surface area contributed by atoms with E-state index in [0.29, 0.717) is 12.1 Å². The molecule has 3 rings (SSSR count). The third-order valence-corrected chi connectivity index (χ3v) is 5.05. The van der Waals surface area contributed by atoms with Gasteiger partial charge in [0.05, 0.1) is 18.8 Å². The van der Waals surface area contributed by atoms with Gasteiger partial charge in [0.15, 0.2) is 0 Å². The van der Waals surface area contributed by atoms with Crippen molar-refractivity contribution in [2.24, 2.45) is 0 Å². The molecule has 122 valence electrons. The van der Waals surface area contributed by atoms with Crippen LogP contribution < -0.4 is 5.32 Å². The Labute approximate surface area is 128 Å². The van der Waals surface area contributed by atoms with Gasteiger partial charge in [-0.2, -0.15) is 0 Å². The van der Waals surface area contributed by atoms with E-state index in [1.54, 1.807) is 0 Å². The summed E-state index contributed by atoms with van der Waals surface area (Å²) in [7, 11) is 0. The van der Waals surface area contributed by atoms with Crippen LogP contribution in [0.4, 0.5) is 0 Å². The monoisotopic (exact) mass is 298 g/mol. The maximum absolute atomic E-state index is 6.12. The maximum Gasteiger partial charge on any atom is 0.0741 e. The number of nitrogens with zero attached hydrogens (tertiary/aromatic N) is 1. The minimum absolute atomic E-state index is 0.0901. The number of ether oxygens (including phenoxy) is 3. The first-order chi connectivity index (χ1) is 10.3. The van der Waals surface area contributed by atoms with E-state index in [9.17, 15) is 0 Å². The molecule has 0 aromatic rings. The summed E-state index contributed by atoms with van der Waals surface area (Å²) in [4.78, 5) is 2.50. The second-order valence-electron chi connectivity index (χ2n) is 6.81. The van der Waals surface area contributed by atoms with Gasteiger partial charge in [-0.3, -0.25) is 4.90 Å². The Hall–Kier alpha value is -0.200. The van der Waals surface area contributed by atoms with E-state index < -0.39 is 0 Å². The fourth-order valence-corrected chi connectivity index (χ4v) is 3.89. The first kappa shape index (κ1) is 15.7. The van der Waals surface area contributed by atoms with Crippen molar-refractivity contribution in [3.63, 3.8) is 0 Å². The van der Waals surface area contributed by atoms with Gasteiger partial charge in [-0.1, -0.05) is 0 Å². The molecule has 0 aromatic heterocycles. The quantitative estimate of drug-likeness (QED) is 0.839. The molecule has 0 bridgehead atoms. The zero-order chi connectivity index (χ0) is 14.5. The molecule has 3 heterocycles. The van der Waals surface area contributed by atoms with Gasteiger partial charge in [-0.05, 0) is 32.6 Å². The molecule has 3 saturated heterocycles. The minimum atomic E-state index is 0.0901. The molecular weight excluding hydrogens is 268 g/mol. The van der Waals surface area contributed by atoms with Gasteiger partial charge >= 0.3 is 0 Å². The summed E-state index contributed by atoms with van der Waals surface area (Å²) in [5.74, 6) is 0. The summed E-state index contributed by atoms with van der Waals surface area (Å²) in [5.41, 5.74) is 0.0901. The molecule has 1 N–H and O–H groups in total. The molecule has 2 atom stereocenters. The minimum Gasteiger partial charge on any atom is -0.381 e. The van der Waals surface area contributed by atoms with Crippen LogP contribution in [0.25, 0.3) is 0 Å². The molecule has 0 aliphatic carbocycles. The first-order valence-corrected chi connectivity index (χ1v) is 8.54. The topological polar surface area (TPSA) is 43.0 Å². The van der Waals surface area contributed by atoms with Gasteiger partial charge in [0, 0.05) is 51.5 Å². The lowest BCUT2D eigenvalue weighted by molar-refractivity contribution is -0.141. The van der Waals surface area contributed by atoms with Gasteiger partial charge in [0.2, 0.25) is 0 Å². The number of morpholine rings is 1. The number of hydrogen-bond donors (Lipinski definition) is 1. The third-order valence-electron chi connectivity index (χ3n) is 5.05. The number of rotatable bonds is 4. The SMILES string of the molecule is CC(CN1CCOCC1)NC1CCOC2(CCOCC2)C1. The molecule has 2 unspecified atom stereocenters. The molecular formula is C16H30N2O3. The standard InChI is InChI=1S/C16H30N2O3/c1-14(13-18-5-10-20-11-6-18)17-15-2-7-21-16(12-15)3-8-19-9-4-16/h14-15,17H,2-13H2,1H3. The number of hydrogen-bond acceptors (Lipinski definition) is 5. The van der Waals surface area contributed by atoms with Crippen molar-refractivity contribution in [1.82, 2.24) is 10.2 Å². The van der Waals surface area contributed by atoms with E-state index in [4.69, 9.17) is 14.2 Å². The fourth-order valence-electron chi connectivity index (χ4n) is 3.89. The van der Waals surface area contributed by atoms with Crippen LogP contribution in [-0.2, 0) is 14.2 Å². The molecule has 3 aliphatic rings. The lowest BCUT2D eigenvalue weighted by Crippen LogP contribution is -2.53. The second-order valence-corrected chi connectivity index (χ2v) is 6.81. The number of nitrogens with one attached hydrogen (secondary N) is 1. The van der Waals surface area contributed by atoms with E-state index in [-0.39, 0.29) is 5.60 Å². The third kappa shape index (κ3) is 4.39. The van der Waals surface area contributed by atoms with Crippen molar-refractivity contribution in [3.8, 4) is 0 Å². The van der Waals surface area contributed by atoms with Crippen molar-refractivity contribution >= 4 is 0 Å². The molecule has 0 radical (unpaired) electrons. The zero-order valence-electron chi connectivity index (χ0n) is 13.3. The smallest absolute Gasteiger partial charge is 0.0741 e. The molecule has 1 spiro atoms. The van der Waals surface area contributed by atoms with Crippen molar-refractivity contribution in [2.45, 2.75) is 50.3 Å². The van der Waals surface area contributed by atoms with E-state index in [2.05, 4.69) is 17.1 Å². The van der Waals surface area contributed by atoms with Gasteiger partial charge in [0.25, 0.3) is 0 Å². The summed E-state index contributed by atoms with van der Waals surface area (Å²) >= 11 is 0. The molecule has 0 amide bonds. The van der Waals surface area contributed by atoms with Crippen molar-refractivity contribution < 1.29 is 14.2 Å². The van der Waals surface area contributed by atoms with E-state index in [0.717, 1.165) is 78.4 Å². The van der Waals surface area contributed by atoms with E-state index in [1.807, 2.05) is 0 Å². The highest BCUT2D eigenvalue weighted by Gasteiger charge is 2.39. The van der Waals surface area contributed by atoms with Crippen molar-refractivity contribution in [1.29, 1.82) is 0 Å². The lowest BCUT2D eigenvalue weighted by Gasteiger charge is -2.44. The zero-order valence-corrected chi connectivity index (χ0v) is 13.3. The summed E-state index contributed by atoms with van der Waals surface area (Å²) in [6.07, 6.45) is 4.39. The molecule has 5 heteroatoms. The molecule has 0 aromatic carbocycles. The summed E-state index contributed by atoms with van der Waals surface area (Å²) < 4.78 is 17.0. The maximum atomic E-state index is 6.12. The highest BCUT2D eigenvalue weighted by molar-refractivity contribution is 4.92. The summed E-state index contributed by atoms with van der Waals surface area (Å²) in [6, 6.07) is 1.12. The molecule has 0 saturated carbocycles. The van der Waals surface area contributed by atoms with Crippen LogP contribution in [0.2, 0.25) is 0 Å². The first-order valence-electron chi connectivity index (χ1n) is 8.54. The van der Waals surface area contributed by atoms with Crippen LogP contribution in [0.5, 0.6) is 0 Å². The highest BCUT2D eigenvalue weighted by Crippen LogP contribution is 2.34. The van der Waals surface area contributed by atoms with Crippen molar-refractivity contribution in [3.05, 3.63) is 0 Å². The van der Waals surface area contributed by atoms with Crippen molar-refractivity contribution in [2.75, 3.05) is 52.7 Å². The van der Waals surface area contributed by atoms with Crippen LogP contribution >= 0.6 is 0 Å². The average molecular weight is 298 g/mol. The lowest BCUT2D eigenvalue weighted by atomic mass is 9.84. The summed E-state index contributed by atoms with van der Waals surface area (Å²) in [6.45, 7) is 9.94. The van der Waals surface area contributed by atoms with Gasteiger partial charge in [-0.25, -0.2) is 0 Å². The fraction of sp³-hybridized carbons (Fsp3) is 1.00. The largest absolute Gasteiger partial charge is 0.381 e. The van der Waals surface area contributed by atoms with Gasteiger partial charge in [-0.15, -0.1) is 0 Å². The van der Waals surface area contributed by atoms with Crippen LogP contribution in [0.3, 0.4) is 0 Å². The van der Waals surface area contributed by atoms with E-state index in [1.165, 1.54) is 0 Å². The normalized spacial score (nSPS) is 32.1. The van der Waals surface area contributed by atoms with Crippen LogP contribution in [0.1, 0.15) is 32.6 Å². The molecule has 21 heavy (non-hydrogen) atoms. The highest BCUT2D eigenvalue weighted by atomic mass is 16.5. The Morgan fingerprint density at radius 2 is 1.81 bits per heavy atom. The van der Waals surface area contributed by atoms with Crippen LogP contribution in [0.15, 0.2) is 0 Å². The summed E-state index contributed by atoms with van der Waals surface area (Å²) in [5, 5.41) is 3.83. The Morgan fingerprint density at radius 3 is 2.57 bits per heavy atom. The van der Waals surface area contributed by atoms with E-state index >= 15 is 0 Å². The van der Waals surface area contributed by atoms with Crippen LogP contribution in [-0.4, -0.2) is 75.3 Å². The Morgan fingerprint density at radius 1 is 1.10 bits per heavy atom. The average Bonchev–Trinajstić information content (AvgIpc) is 2.49. The Kier molecular flexibility index (Phi) is 5.51. The predicted molar refractivity (Wildman–Crippen MR) is 81.6 cm³/mol. The Balaban J connectivity index is 1.45. The van der Waals surface area contributed by atoms with Gasteiger partial charge < -0.3 is 19.5 Å². The molecule has 3 fully saturated rings. The second kappa shape index (κ2) is 7.38. The molecule has 3 aliphatic heterocycles. The molecule has 5 nitrogen and oxygen atoms in total. The van der Waals surface area contributed by atoms with Crippen LogP contribution in [0, 0.1) is 0 Å². The Bertz CT molecular complexity index is 309. The van der Waals surface area contributed by atoms with Gasteiger partial charge in [0.1, 0.15) is 0 Å². The predicted octanol–water partition coefficient (Wildman–Crippen LogP) is 1.02.